The van der Waals surface area contributed by atoms with E-state index in [0.717, 1.165) is 11.8 Å². The van der Waals surface area contributed by atoms with Crippen molar-refractivity contribution in [1.82, 2.24) is 0 Å². The number of para-hydroxylation sites is 1. The Hall–Kier alpha value is -1.07. The van der Waals surface area contributed by atoms with E-state index in [1.807, 2.05) is 12.1 Å². The van der Waals surface area contributed by atoms with Gasteiger partial charge in [-0.15, -0.1) is 0 Å². The molecule has 0 aliphatic rings. The van der Waals surface area contributed by atoms with Gasteiger partial charge in [0, 0.05) is 0 Å². The van der Waals surface area contributed by atoms with Crippen LogP contribution in [0.15, 0.2) is 24.3 Å². The lowest BCUT2D eigenvalue weighted by Gasteiger charge is -2.09. The Labute approximate surface area is 90.0 Å². The van der Waals surface area contributed by atoms with Crippen molar-refractivity contribution in [2.24, 2.45) is 0 Å². The SMILES string of the molecule is CS(=O)(=O)Nc1ccccc1CCC[O]. The van der Waals surface area contributed by atoms with E-state index in [2.05, 4.69) is 4.72 Å². The molecule has 0 aromatic heterocycles. The highest BCUT2D eigenvalue weighted by Gasteiger charge is 2.06. The Balaban J connectivity index is 2.86. The number of nitrogens with one attached hydrogen (secondary N) is 1. The summed E-state index contributed by atoms with van der Waals surface area (Å²) in [7, 11) is -3.25. The number of hydrogen-bond donors (Lipinski definition) is 1. The van der Waals surface area contributed by atoms with Crippen LogP contribution in [-0.2, 0) is 21.6 Å². The Morgan fingerprint density at radius 2 is 1.93 bits per heavy atom. The molecule has 83 valence electrons. The molecule has 1 aromatic rings. The average molecular weight is 228 g/mol. The van der Waals surface area contributed by atoms with Gasteiger partial charge in [-0.05, 0) is 24.5 Å². The van der Waals surface area contributed by atoms with Gasteiger partial charge >= 0.3 is 0 Å². The van der Waals surface area contributed by atoms with Gasteiger partial charge in [-0.3, -0.25) is 4.72 Å². The fourth-order valence-corrected chi connectivity index (χ4v) is 1.90. The minimum absolute atomic E-state index is 0.146. The van der Waals surface area contributed by atoms with Gasteiger partial charge < -0.3 is 0 Å². The van der Waals surface area contributed by atoms with Gasteiger partial charge in [-0.1, -0.05) is 18.2 Å². The van der Waals surface area contributed by atoms with Gasteiger partial charge in [0.05, 0.1) is 18.6 Å². The first-order valence-corrected chi connectivity index (χ1v) is 6.56. The third-order valence-electron chi connectivity index (χ3n) is 1.90. The molecule has 1 radical (unpaired) electrons. The summed E-state index contributed by atoms with van der Waals surface area (Å²) in [5, 5.41) is 10.4. The molecule has 0 unspecified atom stereocenters. The number of benzene rings is 1. The van der Waals surface area contributed by atoms with Crippen LogP contribution in [0.2, 0.25) is 0 Å². The molecule has 0 saturated carbocycles. The van der Waals surface area contributed by atoms with Crippen molar-refractivity contribution >= 4 is 15.7 Å². The second-order valence-electron chi connectivity index (χ2n) is 3.34. The van der Waals surface area contributed by atoms with E-state index in [-0.39, 0.29) is 6.61 Å². The summed E-state index contributed by atoms with van der Waals surface area (Å²) >= 11 is 0. The van der Waals surface area contributed by atoms with Crippen molar-refractivity contribution in [3.8, 4) is 0 Å². The van der Waals surface area contributed by atoms with E-state index >= 15 is 0 Å². The number of hydrogen-bond acceptors (Lipinski definition) is 2. The summed E-state index contributed by atoms with van der Waals surface area (Å²) in [6.07, 6.45) is 2.22. The summed E-state index contributed by atoms with van der Waals surface area (Å²) < 4.78 is 24.5. The van der Waals surface area contributed by atoms with Crippen LogP contribution < -0.4 is 4.72 Å². The molecule has 0 amide bonds. The zero-order valence-electron chi connectivity index (χ0n) is 8.56. The van der Waals surface area contributed by atoms with E-state index in [0.29, 0.717) is 18.5 Å². The lowest BCUT2D eigenvalue weighted by atomic mass is 10.1. The molecule has 0 bridgehead atoms. The fourth-order valence-electron chi connectivity index (χ4n) is 1.30. The van der Waals surface area contributed by atoms with E-state index in [1.54, 1.807) is 12.1 Å². The summed E-state index contributed by atoms with van der Waals surface area (Å²) in [4.78, 5) is 0. The smallest absolute Gasteiger partial charge is 0.229 e. The van der Waals surface area contributed by atoms with Crippen molar-refractivity contribution < 1.29 is 13.5 Å². The second-order valence-corrected chi connectivity index (χ2v) is 5.09. The molecule has 0 atom stereocenters. The first kappa shape index (κ1) is 12.0. The molecule has 15 heavy (non-hydrogen) atoms. The zero-order chi connectivity index (χ0) is 11.3. The van der Waals surface area contributed by atoms with Crippen LogP contribution in [0.4, 0.5) is 5.69 Å². The van der Waals surface area contributed by atoms with Gasteiger partial charge in [0.2, 0.25) is 10.0 Å². The molecular formula is C10H14NO3S. The summed E-state index contributed by atoms with van der Waals surface area (Å²) in [5.41, 5.74) is 1.42. The van der Waals surface area contributed by atoms with E-state index < -0.39 is 10.0 Å². The van der Waals surface area contributed by atoms with E-state index in [4.69, 9.17) is 0 Å². The lowest BCUT2D eigenvalue weighted by Crippen LogP contribution is -2.11. The zero-order valence-corrected chi connectivity index (χ0v) is 9.38. The monoisotopic (exact) mass is 228 g/mol. The van der Waals surface area contributed by atoms with E-state index in [1.165, 1.54) is 0 Å². The largest absolute Gasteiger partial charge is 0.284 e. The predicted molar refractivity (Wildman–Crippen MR) is 58.8 cm³/mol. The lowest BCUT2D eigenvalue weighted by molar-refractivity contribution is 0.189. The highest BCUT2D eigenvalue weighted by Crippen LogP contribution is 2.17. The topological polar surface area (TPSA) is 66.1 Å². The van der Waals surface area contributed by atoms with Crippen LogP contribution in [0.1, 0.15) is 12.0 Å². The van der Waals surface area contributed by atoms with Crippen molar-refractivity contribution in [3.63, 3.8) is 0 Å². The second kappa shape index (κ2) is 5.14. The highest BCUT2D eigenvalue weighted by atomic mass is 32.2. The van der Waals surface area contributed by atoms with Crippen LogP contribution in [-0.4, -0.2) is 21.3 Å². The summed E-state index contributed by atoms with van der Waals surface area (Å²) in [6, 6.07) is 7.10. The highest BCUT2D eigenvalue weighted by molar-refractivity contribution is 7.92. The van der Waals surface area contributed by atoms with Gasteiger partial charge in [-0.25, -0.2) is 13.5 Å². The van der Waals surface area contributed by atoms with Gasteiger partial charge in [0.25, 0.3) is 0 Å². The van der Waals surface area contributed by atoms with Crippen molar-refractivity contribution in [2.75, 3.05) is 17.6 Å². The van der Waals surface area contributed by atoms with Gasteiger partial charge in [0.1, 0.15) is 0 Å². The quantitative estimate of drug-likeness (QED) is 0.828. The number of aryl methyl sites for hydroxylation is 1. The van der Waals surface area contributed by atoms with Crippen LogP contribution in [0.25, 0.3) is 0 Å². The number of rotatable bonds is 5. The Bertz CT molecular complexity index is 414. The predicted octanol–water partition coefficient (Wildman–Crippen LogP) is 1.42. The van der Waals surface area contributed by atoms with Crippen LogP contribution in [0.3, 0.4) is 0 Å². The van der Waals surface area contributed by atoms with Crippen molar-refractivity contribution in [1.29, 1.82) is 0 Å². The molecular weight excluding hydrogens is 214 g/mol. The molecule has 0 fully saturated rings. The maximum Gasteiger partial charge on any atom is 0.229 e. The molecule has 1 aromatic carbocycles. The van der Waals surface area contributed by atoms with Gasteiger partial charge in [0.15, 0.2) is 0 Å². The minimum Gasteiger partial charge on any atom is -0.284 e. The first-order valence-electron chi connectivity index (χ1n) is 4.67. The van der Waals surface area contributed by atoms with Crippen LogP contribution in [0, 0.1) is 0 Å². The third kappa shape index (κ3) is 4.31. The van der Waals surface area contributed by atoms with Gasteiger partial charge in [-0.2, -0.15) is 0 Å². The Kier molecular flexibility index (Phi) is 4.11. The normalized spacial score (nSPS) is 11.3. The van der Waals surface area contributed by atoms with E-state index in [9.17, 15) is 13.5 Å². The molecule has 0 aliphatic heterocycles. The van der Waals surface area contributed by atoms with Crippen LogP contribution >= 0.6 is 0 Å². The number of sulfonamides is 1. The first-order chi connectivity index (χ1) is 7.03. The maximum atomic E-state index is 11.1. The molecule has 5 heteroatoms. The molecule has 0 saturated heterocycles. The molecule has 0 aliphatic carbocycles. The third-order valence-corrected chi connectivity index (χ3v) is 2.49. The Morgan fingerprint density at radius 1 is 1.27 bits per heavy atom. The maximum absolute atomic E-state index is 11.1. The minimum atomic E-state index is -3.25. The van der Waals surface area contributed by atoms with Crippen LogP contribution in [0.5, 0.6) is 0 Å². The summed E-state index contributed by atoms with van der Waals surface area (Å²) in [6.45, 7) is -0.146. The standard InChI is InChI=1S/C10H14NO3S/c1-15(13,14)11-10-7-3-2-5-9(10)6-4-8-12/h2-3,5,7,11H,4,6,8H2,1H3. The van der Waals surface area contributed by atoms with Crippen molar-refractivity contribution in [2.45, 2.75) is 12.8 Å². The molecule has 4 nitrogen and oxygen atoms in total. The molecule has 0 heterocycles. The molecule has 0 spiro atoms. The Morgan fingerprint density at radius 3 is 2.53 bits per heavy atom. The number of anilines is 1. The summed E-state index contributed by atoms with van der Waals surface area (Å²) in [5.74, 6) is 0. The fraction of sp³-hybridized carbons (Fsp3) is 0.400. The molecule has 1 N–H and O–H groups in total. The van der Waals surface area contributed by atoms with Crippen molar-refractivity contribution in [3.05, 3.63) is 29.8 Å². The molecule has 1 rings (SSSR count). The average Bonchev–Trinajstić information content (AvgIpc) is 2.14.